The second kappa shape index (κ2) is 7.91. The Labute approximate surface area is 126 Å². The van der Waals surface area contributed by atoms with Crippen LogP contribution in [0.25, 0.3) is 0 Å². The molecule has 0 spiro atoms. The van der Waals surface area contributed by atoms with Crippen LogP contribution in [-0.4, -0.2) is 32.1 Å². The van der Waals surface area contributed by atoms with Crippen LogP contribution in [-0.2, 0) is 11.3 Å². The maximum absolute atomic E-state index is 5.98. The molecule has 1 aromatic carbocycles. The minimum absolute atomic E-state index is 0.368. The summed E-state index contributed by atoms with van der Waals surface area (Å²) in [5.41, 5.74) is 8.55. The van der Waals surface area contributed by atoms with Gasteiger partial charge in [-0.05, 0) is 37.7 Å². The van der Waals surface area contributed by atoms with Crippen molar-refractivity contribution in [2.75, 3.05) is 30.9 Å². The molecule has 0 aromatic heterocycles. The van der Waals surface area contributed by atoms with E-state index < -0.39 is 0 Å². The van der Waals surface area contributed by atoms with Crippen molar-refractivity contribution in [3.63, 3.8) is 0 Å². The van der Waals surface area contributed by atoms with Crippen LogP contribution in [0.2, 0.25) is 0 Å². The molecular formula is C16H26N2OS. The lowest BCUT2D eigenvalue weighted by Crippen LogP contribution is -2.40. The molecule has 2 rings (SSSR count). The lowest BCUT2D eigenvalue weighted by atomic mass is 10.0. The van der Waals surface area contributed by atoms with Crippen molar-refractivity contribution in [2.45, 2.75) is 43.7 Å². The van der Waals surface area contributed by atoms with E-state index in [4.69, 9.17) is 10.5 Å². The maximum atomic E-state index is 5.98. The van der Waals surface area contributed by atoms with Gasteiger partial charge in [0.2, 0.25) is 0 Å². The van der Waals surface area contributed by atoms with Crippen LogP contribution >= 0.6 is 11.8 Å². The Bertz CT molecular complexity index is 425. The molecule has 1 fully saturated rings. The molecule has 0 amide bonds. The minimum Gasteiger partial charge on any atom is -0.376 e. The van der Waals surface area contributed by atoms with E-state index in [2.05, 4.69) is 36.3 Å². The Hall–Kier alpha value is -0.710. The topological polar surface area (TPSA) is 38.5 Å². The molecule has 4 heteroatoms. The Morgan fingerprint density at radius 2 is 2.30 bits per heavy atom. The molecule has 0 aliphatic carbocycles. The lowest BCUT2D eigenvalue weighted by Gasteiger charge is -2.35. The number of benzene rings is 1. The molecule has 1 unspecified atom stereocenters. The van der Waals surface area contributed by atoms with Crippen LogP contribution in [0.1, 0.15) is 31.7 Å². The fourth-order valence-electron chi connectivity index (χ4n) is 2.82. The largest absolute Gasteiger partial charge is 0.376 e. The Kier molecular flexibility index (Phi) is 6.20. The van der Waals surface area contributed by atoms with Gasteiger partial charge in [0.05, 0.1) is 6.10 Å². The molecule has 112 valence electrons. The highest BCUT2D eigenvalue weighted by Crippen LogP contribution is 2.31. The van der Waals surface area contributed by atoms with Crippen molar-refractivity contribution in [2.24, 2.45) is 5.73 Å². The quantitative estimate of drug-likeness (QED) is 0.817. The van der Waals surface area contributed by atoms with Gasteiger partial charge >= 0.3 is 0 Å². The zero-order valence-electron chi connectivity index (χ0n) is 12.6. The Morgan fingerprint density at radius 3 is 3.00 bits per heavy atom. The van der Waals surface area contributed by atoms with E-state index in [1.165, 1.54) is 29.0 Å². The van der Waals surface area contributed by atoms with Gasteiger partial charge in [-0.2, -0.15) is 0 Å². The summed E-state index contributed by atoms with van der Waals surface area (Å²) in [5.74, 6) is 0. The van der Waals surface area contributed by atoms with Gasteiger partial charge in [-0.25, -0.2) is 0 Å². The first-order valence-electron chi connectivity index (χ1n) is 7.52. The molecule has 1 heterocycles. The second-order valence-corrected chi connectivity index (χ2v) is 6.09. The summed E-state index contributed by atoms with van der Waals surface area (Å²) < 4.78 is 5.94. The molecule has 3 nitrogen and oxygen atoms in total. The van der Waals surface area contributed by atoms with E-state index in [-0.39, 0.29) is 0 Å². The van der Waals surface area contributed by atoms with Crippen molar-refractivity contribution in [1.82, 2.24) is 0 Å². The van der Waals surface area contributed by atoms with Gasteiger partial charge in [-0.3, -0.25) is 0 Å². The fraction of sp³-hybridized carbons (Fsp3) is 0.625. The van der Waals surface area contributed by atoms with Crippen LogP contribution in [0.5, 0.6) is 0 Å². The SMILES string of the molecule is CCCOC1CCCN(c2cccc(SC)c2CN)C1. The van der Waals surface area contributed by atoms with Crippen LogP contribution in [0.4, 0.5) is 5.69 Å². The molecular weight excluding hydrogens is 268 g/mol. The van der Waals surface area contributed by atoms with Gasteiger partial charge in [0.15, 0.2) is 0 Å². The average molecular weight is 294 g/mol. The van der Waals surface area contributed by atoms with Crippen LogP contribution in [0.3, 0.4) is 0 Å². The van der Waals surface area contributed by atoms with Gasteiger partial charge in [-0.1, -0.05) is 13.0 Å². The van der Waals surface area contributed by atoms with E-state index in [0.29, 0.717) is 12.6 Å². The third-order valence-electron chi connectivity index (χ3n) is 3.81. The van der Waals surface area contributed by atoms with Crippen molar-refractivity contribution < 1.29 is 4.74 Å². The Morgan fingerprint density at radius 1 is 1.45 bits per heavy atom. The first kappa shape index (κ1) is 15.7. The smallest absolute Gasteiger partial charge is 0.0750 e. The van der Waals surface area contributed by atoms with E-state index in [0.717, 1.165) is 26.1 Å². The number of piperidine rings is 1. The third-order valence-corrected chi connectivity index (χ3v) is 4.63. The maximum Gasteiger partial charge on any atom is 0.0750 e. The number of hydrogen-bond donors (Lipinski definition) is 1. The lowest BCUT2D eigenvalue weighted by molar-refractivity contribution is 0.0440. The summed E-state index contributed by atoms with van der Waals surface area (Å²) in [7, 11) is 0. The van der Waals surface area contributed by atoms with E-state index >= 15 is 0 Å². The molecule has 1 atom stereocenters. The monoisotopic (exact) mass is 294 g/mol. The molecule has 2 N–H and O–H groups in total. The van der Waals surface area contributed by atoms with Gasteiger partial charge in [0, 0.05) is 42.4 Å². The predicted molar refractivity (Wildman–Crippen MR) is 87.6 cm³/mol. The van der Waals surface area contributed by atoms with Crippen molar-refractivity contribution in [3.05, 3.63) is 23.8 Å². The van der Waals surface area contributed by atoms with E-state index in [1.807, 2.05) is 0 Å². The molecule has 0 radical (unpaired) electrons. The highest BCUT2D eigenvalue weighted by atomic mass is 32.2. The Balaban J connectivity index is 2.14. The number of hydrogen-bond acceptors (Lipinski definition) is 4. The minimum atomic E-state index is 0.368. The zero-order chi connectivity index (χ0) is 14.4. The normalized spacial score (nSPS) is 19.4. The van der Waals surface area contributed by atoms with Gasteiger partial charge in [0.1, 0.15) is 0 Å². The second-order valence-electron chi connectivity index (χ2n) is 5.24. The molecule has 1 aliphatic heterocycles. The summed E-state index contributed by atoms with van der Waals surface area (Å²) in [5, 5.41) is 0. The fourth-order valence-corrected chi connectivity index (χ4v) is 3.47. The number of nitrogens with two attached hydrogens (primary N) is 1. The number of rotatable bonds is 6. The predicted octanol–water partition coefficient (Wildman–Crippen LogP) is 3.26. The first-order chi connectivity index (χ1) is 9.80. The summed E-state index contributed by atoms with van der Waals surface area (Å²) in [6.07, 6.45) is 5.94. The highest BCUT2D eigenvalue weighted by Gasteiger charge is 2.22. The number of nitrogens with zero attached hydrogens (tertiary/aromatic N) is 1. The number of anilines is 1. The van der Waals surface area contributed by atoms with Gasteiger partial charge < -0.3 is 15.4 Å². The summed E-state index contributed by atoms with van der Waals surface area (Å²) in [6.45, 7) is 5.73. The highest BCUT2D eigenvalue weighted by molar-refractivity contribution is 7.98. The summed E-state index contributed by atoms with van der Waals surface area (Å²) >= 11 is 1.77. The van der Waals surface area contributed by atoms with Gasteiger partial charge in [0.25, 0.3) is 0 Å². The van der Waals surface area contributed by atoms with Crippen LogP contribution in [0.15, 0.2) is 23.1 Å². The zero-order valence-corrected chi connectivity index (χ0v) is 13.4. The average Bonchev–Trinajstić information content (AvgIpc) is 2.52. The first-order valence-corrected chi connectivity index (χ1v) is 8.75. The molecule has 1 aromatic rings. The standard InChI is InChI=1S/C16H26N2OS/c1-3-10-19-13-6-5-9-18(12-13)15-7-4-8-16(20-2)14(15)11-17/h4,7-8,13H,3,5-6,9-12,17H2,1-2H3. The van der Waals surface area contributed by atoms with Crippen LogP contribution in [0, 0.1) is 0 Å². The van der Waals surface area contributed by atoms with Crippen molar-refractivity contribution in [3.8, 4) is 0 Å². The van der Waals surface area contributed by atoms with E-state index in [9.17, 15) is 0 Å². The molecule has 20 heavy (non-hydrogen) atoms. The molecule has 1 saturated heterocycles. The molecule has 1 aliphatic rings. The number of thioether (sulfide) groups is 1. The summed E-state index contributed by atoms with van der Waals surface area (Å²) in [6, 6.07) is 6.49. The summed E-state index contributed by atoms with van der Waals surface area (Å²) in [4.78, 5) is 3.74. The van der Waals surface area contributed by atoms with Crippen molar-refractivity contribution >= 4 is 17.4 Å². The van der Waals surface area contributed by atoms with Crippen LogP contribution < -0.4 is 10.6 Å². The molecule has 0 saturated carbocycles. The van der Waals surface area contributed by atoms with Gasteiger partial charge in [-0.15, -0.1) is 11.8 Å². The van der Waals surface area contributed by atoms with E-state index in [1.54, 1.807) is 11.8 Å². The number of ether oxygens (including phenoxy) is 1. The van der Waals surface area contributed by atoms with Crippen molar-refractivity contribution in [1.29, 1.82) is 0 Å². The third kappa shape index (κ3) is 3.68. The molecule has 0 bridgehead atoms.